The van der Waals surface area contributed by atoms with Gasteiger partial charge in [-0.05, 0) is 0 Å². The molecule has 0 aromatic carbocycles. The van der Waals surface area contributed by atoms with E-state index >= 15 is 0 Å². The molecule has 0 aliphatic rings. The van der Waals surface area contributed by atoms with Crippen molar-refractivity contribution < 1.29 is 27.0 Å². The van der Waals surface area contributed by atoms with Crippen LogP contribution in [0.15, 0.2) is 0 Å². The molecule has 0 heterocycles. The van der Waals surface area contributed by atoms with Crippen LogP contribution in [0.1, 0.15) is 0 Å². The maximum absolute atomic E-state index is 11.8. The molecule has 0 N–H and O–H groups in total. The number of alkyl halides is 8. The number of halogens is 8. The molecule has 0 atom stereocenters. The molecule has 0 rings (SSSR count). The minimum Gasteiger partial charge on any atom is -0.322 e. The second-order valence-corrected chi connectivity index (χ2v) is 4.33. The van der Waals surface area contributed by atoms with Crippen molar-refractivity contribution in [2.24, 2.45) is 0 Å². The van der Waals surface area contributed by atoms with E-state index in [0.717, 1.165) is 14.2 Å². The van der Waals surface area contributed by atoms with Crippen LogP contribution >= 0.6 is 46.4 Å². The Kier molecular flexibility index (Phi) is 9.57. The third-order valence-electron chi connectivity index (χ3n) is 1.05. The molecular weight excluding hydrogens is 322 g/mol. The zero-order valence-corrected chi connectivity index (χ0v) is 11.0. The van der Waals surface area contributed by atoms with Crippen LogP contribution in [-0.2, 0) is 9.47 Å². The van der Waals surface area contributed by atoms with Crippen LogP contribution in [0.5, 0.6) is 0 Å². The van der Waals surface area contributed by atoms with E-state index in [4.69, 9.17) is 46.4 Å². The first-order valence-corrected chi connectivity index (χ1v) is 5.18. The fraction of sp³-hybridized carbons (Fsp3) is 1.00. The topological polar surface area (TPSA) is 18.5 Å². The van der Waals surface area contributed by atoms with Gasteiger partial charge in [-0.2, -0.15) is 17.6 Å². The fourth-order valence-electron chi connectivity index (χ4n) is 0.178. The standard InChI is InChI=1S/2C3H4Cl2F2O/c2*1-8-3(6,7)2(4)5/h2*2H,1H3. The van der Waals surface area contributed by atoms with Gasteiger partial charge in [0, 0.05) is 14.2 Å². The van der Waals surface area contributed by atoms with Crippen molar-refractivity contribution in [1.29, 1.82) is 0 Å². The van der Waals surface area contributed by atoms with Crippen LogP contribution < -0.4 is 0 Å². The molecule has 0 amide bonds. The van der Waals surface area contributed by atoms with Gasteiger partial charge in [-0.15, -0.1) is 0 Å². The summed E-state index contributed by atoms with van der Waals surface area (Å²) in [4.78, 5) is -3.60. The zero-order valence-electron chi connectivity index (χ0n) is 7.99. The van der Waals surface area contributed by atoms with Crippen molar-refractivity contribution >= 4 is 46.4 Å². The van der Waals surface area contributed by atoms with Gasteiger partial charge in [-0.25, -0.2) is 0 Å². The lowest BCUT2D eigenvalue weighted by atomic mass is 10.7. The quantitative estimate of drug-likeness (QED) is 0.572. The van der Waals surface area contributed by atoms with E-state index in [-0.39, 0.29) is 0 Å². The van der Waals surface area contributed by atoms with Crippen molar-refractivity contribution in [3.63, 3.8) is 0 Å². The second-order valence-electron chi connectivity index (χ2n) is 2.13. The summed E-state index contributed by atoms with van der Waals surface area (Å²) in [6, 6.07) is 0. The van der Waals surface area contributed by atoms with Crippen molar-refractivity contribution in [1.82, 2.24) is 0 Å². The zero-order chi connectivity index (χ0) is 13.6. The number of hydrogen-bond donors (Lipinski definition) is 0. The molecule has 2 nitrogen and oxygen atoms in total. The molecule has 100 valence electrons. The summed E-state index contributed by atoms with van der Waals surface area (Å²) in [6.45, 7) is 0. The molecule has 0 aliphatic carbocycles. The van der Waals surface area contributed by atoms with Gasteiger partial charge in [0.1, 0.15) is 0 Å². The smallest absolute Gasteiger partial charge is 0.322 e. The van der Waals surface area contributed by atoms with Crippen LogP contribution in [0.2, 0.25) is 0 Å². The van der Waals surface area contributed by atoms with E-state index in [1.165, 1.54) is 0 Å². The number of methoxy groups -OCH3 is 2. The Morgan fingerprint density at radius 3 is 0.938 bits per heavy atom. The van der Waals surface area contributed by atoms with Crippen LogP contribution in [0.25, 0.3) is 0 Å². The van der Waals surface area contributed by atoms with E-state index < -0.39 is 21.9 Å². The average Bonchev–Trinajstić information content (AvgIpc) is 2.18. The second kappa shape index (κ2) is 8.00. The van der Waals surface area contributed by atoms with Crippen molar-refractivity contribution in [2.45, 2.75) is 21.9 Å². The van der Waals surface area contributed by atoms with Crippen molar-refractivity contribution in [3.8, 4) is 0 Å². The first-order chi connectivity index (χ1) is 7.01. The Hall–Kier alpha value is 0.800. The monoisotopic (exact) mass is 328 g/mol. The molecular formula is C6H8Cl4F4O2. The van der Waals surface area contributed by atoms with E-state index in [1.54, 1.807) is 0 Å². The Labute approximate surface area is 110 Å². The molecule has 0 saturated carbocycles. The highest BCUT2D eigenvalue weighted by Crippen LogP contribution is 2.27. The van der Waals surface area contributed by atoms with Gasteiger partial charge in [-0.3, -0.25) is 0 Å². The van der Waals surface area contributed by atoms with Crippen LogP contribution in [0.3, 0.4) is 0 Å². The van der Waals surface area contributed by atoms with Gasteiger partial charge < -0.3 is 9.47 Å². The average molecular weight is 330 g/mol. The van der Waals surface area contributed by atoms with Gasteiger partial charge >= 0.3 is 12.2 Å². The highest BCUT2D eigenvalue weighted by Gasteiger charge is 2.37. The molecule has 0 aromatic heterocycles. The highest BCUT2D eigenvalue weighted by molar-refractivity contribution is 6.45. The van der Waals surface area contributed by atoms with Crippen molar-refractivity contribution in [3.05, 3.63) is 0 Å². The first kappa shape index (κ1) is 19.1. The lowest BCUT2D eigenvalue weighted by Crippen LogP contribution is -2.26. The van der Waals surface area contributed by atoms with Gasteiger partial charge in [0.15, 0.2) is 9.67 Å². The molecule has 0 unspecified atom stereocenters. The lowest BCUT2D eigenvalue weighted by Gasteiger charge is -2.13. The normalized spacial score (nSPS) is 12.8. The van der Waals surface area contributed by atoms with E-state index in [0.29, 0.717) is 0 Å². The van der Waals surface area contributed by atoms with Crippen LogP contribution in [0.4, 0.5) is 17.6 Å². The summed E-state index contributed by atoms with van der Waals surface area (Å²) in [7, 11) is 1.66. The minimum absolute atomic E-state index is 0.831. The Bertz CT molecular complexity index is 171. The SMILES string of the molecule is COC(F)(F)C(Cl)Cl.COC(F)(F)C(Cl)Cl. The summed E-state index contributed by atoms with van der Waals surface area (Å²) in [5, 5.41) is 0. The maximum Gasteiger partial charge on any atom is 0.385 e. The summed E-state index contributed by atoms with van der Waals surface area (Å²) in [5.74, 6) is 0. The fourth-order valence-corrected chi connectivity index (χ4v) is 0.535. The van der Waals surface area contributed by atoms with E-state index in [2.05, 4.69) is 9.47 Å². The minimum atomic E-state index is -3.43. The molecule has 0 radical (unpaired) electrons. The third-order valence-corrected chi connectivity index (χ3v) is 2.07. The van der Waals surface area contributed by atoms with Gasteiger partial charge in [0.05, 0.1) is 0 Å². The highest BCUT2D eigenvalue weighted by atomic mass is 35.5. The first-order valence-electron chi connectivity index (χ1n) is 3.43. The summed E-state index contributed by atoms with van der Waals surface area (Å²) in [6.07, 6.45) is -6.85. The van der Waals surface area contributed by atoms with E-state index in [9.17, 15) is 17.6 Å². The number of rotatable bonds is 4. The maximum atomic E-state index is 11.8. The Morgan fingerprint density at radius 2 is 0.938 bits per heavy atom. The summed E-state index contributed by atoms with van der Waals surface area (Å²) >= 11 is 19.0. The predicted octanol–water partition coefficient (Wildman–Crippen LogP) is 4.06. The molecule has 0 fully saturated rings. The number of hydrogen-bond acceptors (Lipinski definition) is 2. The van der Waals surface area contributed by atoms with Crippen molar-refractivity contribution in [2.75, 3.05) is 14.2 Å². The third kappa shape index (κ3) is 7.97. The molecule has 0 saturated heterocycles. The van der Waals surface area contributed by atoms with E-state index in [1.807, 2.05) is 0 Å². The van der Waals surface area contributed by atoms with Crippen LogP contribution in [-0.4, -0.2) is 36.1 Å². The Morgan fingerprint density at radius 1 is 0.750 bits per heavy atom. The Balaban J connectivity index is 0. The molecule has 0 bridgehead atoms. The van der Waals surface area contributed by atoms with Gasteiger partial charge in [-0.1, -0.05) is 46.4 Å². The molecule has 16 heavy (non-hydrogen) atoms. The largest absolute Gasteiger partial charge is 0.385 e. The number of ether oxygens (including phenoxy) is 2. The molecule has 0 aliphatic heterocycles. The summed E-state index contributed by atoms with van der Waals surface area (Å²) < 4.78 is 54.4. The van der Waals surface area contributed by atoms with Crippen LogP contribution in [0, 0.1) is 0 Å². The van der Waals surface area contributed by atoms with Gasteiger partial charge in [0.25, 0.3) is 0 Å². The molecule has 0 aromatic rings. The van der Waals surface area contributed by atoms with Gasteiger partial charge in [0.2, 0.25) is 0 Å². The molecule has 0 spiro atoms. The molecule has 10 heteroatoms. The summed E-state index contributed by atoms with van der Waals surface area (Å²) in [5.41, 5.74) is 0. The predicted molar refractivity (Wildman–Crippen MR) is 54.9 cm³/mol. The lowest BCUT2D eigenvalue weighted by molar-refractivity contribution is -0.210.